The Balaban J connectivity index is 0.00000288. The lowest BCUT2D eigenvalue weighted by Crippen LogP contribution is -2.51. The Kier molecular flexibility index (Phi) is 8.82. The zero-order valence-electron chi connectivity index (χ0n) is 14.1. The van der Waals surface area contributed by atoms with Crippen LogP contribution in [-0.4, -0.2) is 50.6 Å². The summed E-state index contributed by atoms with van der Waals surface area (Å²) in [5.41, 5.74) is 1.04. The predicted octanol–water partition coefficient (Wildman–Crippen LogP) is 2.36. The first-order chi connectivity index (χ1) is 11.0. The van der Waals surface area contributed by atoms with E-state index in [1.165, 1.54) is 0 Å². The maximum atomic E-state index is 11.5. The Hall–Kier alpha value is -1.03. The summed E-state index contributed by atoms with van der Waals surface area (Å²) in [7, 11) is 5.23. The number of amides is 1. The van der Waals surface area contributed by atoms with E-state index in [2.05, 4.69) is 31.6 Å². The van der Waals surface area contributed by atoms with E-state index >= 15 is 0 Å². The summed E-state index contributed by atoms with van der Waals surface area (Å²) in [5, 5.41) is 6.67. The normalized spacial score (nSPS) is 18.0. The van der Waals surface area contributed by atoms with E-state index in [9.17, 15) is 4.79 Å². The first kappa shape index (κ1) is 21.0. The first-order valence-electron chi connectivity index (χ1n) is 7.57. The maximum Gasteiger partial charge on any atom is 0.222 e. The van der Waals surface area contributed by atoms with Gasteiger partial charge in [-0.1, -0.05) is 15.9 Å². The van der Waals surface area contributed by atoms with Crippen molar-refractivity contribution in [2.75, 3.05) is 27.7 Å². The van der Waals surface area contributed by atoms with Crippen molar-refractivity contribution in [1.82, 2.24) is 15.5 Å². The van der Waals surface area contributed by atoms with Crippen LogP contribution in [0.1, 0.15) is 18.4 Å². The molecule has 1 aromatic rings. The summed E-state index contributed by atoms with van der Waals surface area (Å²) >= 11 is 3.47. The zero-order chi connectivity index (χ0) is 16.8. The molecule has 1 unspecified atom stereocenters. The molecule has 0 saturated carbocycles. The minimum absolute atomic E-state index is 0. The van der Waals surface area contributed by atoms with E-state index < -0.39 is 0 Å². The number of rotatable bonds is 4. The van der Waals surface area contributed by atoms with Crippen molar-refractivity contribution >= 4 is 51.8 Å². The summed E-state index contributed by atoms with van der Waals surface area (Å²) < 4.78 is 6.38. The second-order valence-corrected chi connectivity index (χ2v) is 6.45. The number of aliphatic imine (C=N–C) groups is 1. The molecule has 1 saturated heterocycles. The van der Waals surface area contributed by atoms with Gasteiger partial charge in [0.15, 0.2) is 5.96 Å². The Bertz CT molecular complexity index is 597. The van der Waals surface area contributed by atoms with Crippen LogP contribution in [0.25, 0.3) is 0 Å². The Morgan fingerprint density at radius 2 is 2.25 bits per heavy atom. The number of benzene rings is 1. The van der Waals surface area contributed by atoms with Crippen LogP contribution in [0.5, 0.6) is 5.75 Å². The largest absolute Gasteiger partial charge is 0.496 e. The molecule has 0 spiro atoms. The third kappa shape index (κ3) is 5.80. The number of likely N-dealkylation sites (N-methyl/N-ethyl adjacent to an activating group) is 1. The third-order valence-corrected chi connectivity index (χ3v) is 4.37. The van der Waals surface area contributed by atoms with Gasteiger partial charge >= 0.3 is 0 Å². The quantitative estimate of drug-likeness (QED) is 0.371. The molecule has 24 heavy (non-hydrogen) atoms. The van der Waals surface area contributed by atoms with E-state index in [-0.39, 0.29) is 35.9 Å². The minimum atomic E-state index is 0. The number of hydrogen-bond acceptors (Lipinski definition) is 3. The number of hydrogen-bond donors (Lipinski definition) is 2. The van der Waals surface area contributed by atoms with E-state index in [1.807, 2.05) is 25.2 Å². The van der Waals surface area contributed by atoms with Gasteiger partial charge in [-0.3, -0.25) is 9.79 Å². The number of nitrogens with one attached hydrogen (secondary N) is 2. The van der Waals surface area contributed by atoms with Gasteiger partial charge in [0.1, 0.15) is 5.75 Å². The second kappa shape index (κ2) is 10.1. The van der Waals surface area contributed by atoms with Gasteiger partial charge in [0.25, 0.3) is 0 Å². The van der Waals surface area contributed by atoms with Crippen molar-refractivity contribution in [2.45, 2.75) is 25.4 Å². The third-order valence-electron chi connectivity index (χ3n) is 3.88. The van der Waals surface area contributed by atoms with Crippen LogP contribution in [0.2, 0.25) is 0 Å². The predicted molar refractivity (Wildman–Crippen MR) is 110 cm³/mol. The van der Waals surface area contributed by atoms with Gasteiger partial charge in [0, 0.05) is 49.7 Å². The molecule has 1 amide bonds. The number of carbonyl (C=O) groups excluding carboxylic acids is 1. The van der Waals surface area contributed by atoms with Gasteiger partial charge in [0.2, 0.25) is 5.91 Å². The van der Waals surface area contributed by atoms with Gasteiger partial charge in [-0.15, -0.1) is 24.0 Å². The summed E-state index contributed by atoms with van der Waals surface area (Å²) in [6, 6.07) is 6.11. The maximum absolute atomic E-state index is 11.5. The van der Waals surface area contributed by atoms with Crippen molar-refractivity contribution in [1.29, 1.82) is 0 Å². The van der Waals surface area contributed by atoms with Crippen molar-refractivity contribution in [3.8, 4) is 5.75 Å². The van der Waals surface area contributed by atoms with Crippen LogP contribution in [0.3, 0.4) is 0 Å². The lowest BCUT2D eigenvalue weighted by atomic mass is 10.1. The Morgan fingerprint density at radius 1 is 1.50 bits per heavy atom. The molecule has 0 bridgehead atoms. The fraction of sp³-hybridized carbons (Fsp3) is 0.500. The SMILES string of the molecule is CN=C(NCc1cc(Br)ccc1OC)NC1CCC(=O)N(C)C1.I. The number of halogens is 2. The zero-order valence-corrected chi connectivity index (χ0v) is 18.1. The molecule has 1 aromatic carbocycles. The monoisotopic (exact) mass is 510 g/mol. The number of carbonyl (C=O) groups is 1. The molecule has 2 N–H and O–H groups in total. The van der Waals surface area contributed by atoms with Crippen LogP contribution < -0.4 is 15.4 Å². The molecule has 6 nitrogen and oxygen atoms in total. The standard InChI is InChI=1S/C16H23BrN4O2.HI/c1-18-16(20-13-5-7-15(22)21(2)10-13)19-9-11-8-12(17)4-6-14(11)23-3;/h4,6,8,13H,5,7,9-10H2,1-3H3,(H2,18,19,20);1H. The summed E-state index contributed by atoms with van der Waals surface area (Å²) in [6.07, 6.45) is 1.40. The second-order valence-electron chi connectivity index (χ2n) is 5.54. The van der Waals surface area contributed by atoms with Crippen LogP contribution in [-0.2, 0) is 11.3 Å². The fourth-order valence-corrected chi connectivity index (χ4v) is 2.99. The minimum Gasteiger partial charge on any atom is -0.496 e. The number of nitrogens with zero attached hydrogens (tertiary/aromatic N) is 2. The number of guanidine groups is 1. The van der Waals surface area contributed by atoms with E-state index in [1.54, 1.807) is 19.1 Å². The number of methoxy groups -OCH3 is 1. The van der Waals surface area contributed by atoms with Gasteiger partial charge in [0.05, 0.1) is 7.11 Å². The molecule has 1 aliphatic heterocycles. The van der Waals surface area contributed by atoms with Crippen molar-refractivity contribution in [2.24, 2.45) is 4.99 Å². The van der Waals surface area contributed by atoms with Crippen LogP contribution in [0.15, 0.2) is 27.7 Å². The average molecular weight is 511 g/mol. The summed E-state index contributed by atoms with van der Waals surface area (Å²) in [6.45, 7) is 1.30. The fourth-order valence-electron chi connectivity index (χ4n) is 2.58. The molecule has 2 rings (SSSR count). The highest BCUT2D eigenvalue weighted by Crippen LogP contribution is 2.22. The number of ether oxygens (including phenoxy) is 1. The van der Waals surface area contributed by atoms with E-state index in [0.29, 0.717) is 19.5 Å². The Labute approximate surface area is 168 Å². The molecular formula is C16H24BrIN4O2. The van der Waals surface area contributed by atoms with Crippen molar-refractivity contribution in [3.05, 3.63) is 28.2 Å². The van der Waals surface area contributed by atoms with Crippen LogP contribution >= 0.6 is 39.9 Å². The lowest BCUT2D eigenvalue weighted by molar-refractivity contribution is -0.132. The van der Waals surface area contributed by atoms with Crippen molar-refractivity contribution < 1.29 is 9.53 Å². The smallest absolute Gasteiger partial charge is 0.222 e. The van der Waals surface area contributed by atoms with Crippen LogP contribution in [0, 0.1) is 0 Å². The van der Waals surface area contributed by atoms with E-state index in [4.69, 9.17) is 4.74 Å². The molecule has 1 atom stereocenters. The lowest BCUT2D eigenvalue weighted by Gasteiger charge is -2.31. The molecule has 0 aliphatic carbocycles. The van der Waals surface area contributed by atoms with Gasteiger partial charge in [-0.2, -0.15) is 0 Å². The highest BCUT2D eigenvalue weighted by atomic mass is 127. The molecule has 8 heteroatoms. The van der Waals surface area contributed by atoms with E-state index in [0.717, 1.165) is 28.2 Å². The topological polar surface area (TPSA) is 66.0 Å². The molecule has 1 fully saturated rings. The van der Waals surface area contributed by atoms with Gasteiger partial charge < -0.3 is 20.3 Å². The molecule has 1 heterocycles. The molecule has 0 aromatic heterocycles. The number of piperidine rings is 1. The first-order valence-corrected chi connectivity index (χ1v) is 8.36. The Morgan fingerprint density at radius 3 is 2.88 bits per heavy atom. The van der Waals surface area contributed by atoms with Gasteiger partial charge in [-0.05, 0) is 24.6 Å². The van der Waals surface area contributed by atoms with Crippen molar-refractivity contribution in [3.63, 3.8) is 0 Å². The summed E-state index contributed by atoms with van der Waals surface area (Å²) in [4.78, 5) is 17.6. The van der Waals surface area contributed by atoms with Crippen LogP contribution in [0.4, 0.5) is 0 Å². The highest BCUT2D eigenvalue weighted by molar-refractivity contribution is 14.0. The molecule has 0 radical (unpaired) electrons. The molecular weight excluding hydrogens is 487 g/mol. The highest BCUT2D eigenvalue weighted by Gasteiger charge is 2.23. The average Bonchev–Trinajstić information content (AvgIpc) is 2.55. The number of likely N-dealkylation sites (tertiary alicyclic amines) is 1. The molecule has 134 valence electrons. The molecule has 1 aliphatic rings. The van der Waals surface area contributed by atoms with Gasteiger partial charge in [-0.25, -0.2) is 0 Å². The summed E-state index contributed by atoms with van der Waals surface area (Å²) in [5.74, 6) is 1.75.